The molecule has 0 amide bonds. The van der Waals surface area contributed by atoms with Gasteiger partial charge in [0.15, 0.2) is 12.4 Å². The SMILES string of the molecule is CC(C)C1=CC=CC1.CC(C)c1cc[n+]([O-])cc1.CC(C)c1ccccn1.CC(C)c1cccnc1.CC(C)c1nccs1.Cc1c(C(C)C)c(CO)c[nH]c1=O.Cc1cnccc1C(C)C.Cc1ncc(CO)c(C(C)C)c1O.Cc1ncccc1C(C)C. The van der Waals surface area contributed by atoms with Crippen molar-refractivity contribution in [2.24, 2.45) is 5.92 Å². The van der Waals surface area contributed by atoms with E-state index >= 15 is 0 Å². The highest BCUT2D eigenvalue weighted by Gasteiger charge is 2.14. The van der Waals surface area contributed by atoms with Crippen molar-refractivity contribution < 1.29 is 20.0 Å². The summed E-state index contributed by atoms with van der Waals surface area (Å²) in [6.07, 6.45) is 27.0. The van der Waals surface area contributed by atoms with E-state index in [1.807, 2.05) is 113 Å². The van der Waals surface area contributed by atoms with Gasteiger partial charge in [0.05, 0.1) is 23.9 Å². The van der Waals surface area contributed by atoms with Gasteiger partial charge >= 0.3 is 0 Å². The molecule has 0 aliphatic heterocycles. The van der Waals surface area contributed by atoms with Crippen LogP contribution in [0.2, 0.25) is 0 Å². The summed E-state index contributed by atoms with van der Waals surface area (Å²) in [6.45, 7) is 45.9. The van der Waals surface area contributed by atoms with E-state index in [2.05, 4.69) is 182 Å². The smallest absolute Gasteiger partial charge is 0.251 e. The van der Waals surface area contributed by atoms with Crippen molar-refractivity contribution in [2.45, 2.75) is 219 Å². The predicted octanol–water partition coefficient (Wildman–Crippen LogP) is 18.7. The third-order valence-corrected chi connectivity index (χ3v) is 15.4. The Balaban J connectivity index is 0.000000509. The van der Waals surface area contributed by atoms with Crippen molar-refractivity contribution in [1.82, 2.24) is 34.9 Å². The number of aromatic hydroxyl groups is 1. The molecule has 8 heterocycles. The van der Waals surface area contributed by atoms with Gasteiger partial charge in [0.25, 0.3) is 5.56 Å². The lowest BCUT2D eigenvalue weighted by Crippen LogP contribution is -2.23. The lowest BCUT2D eigenvalue weighted by molar-refractivity contribution is -0.605. The normalized spacial score (nSPS) is 11.1. The maximum atomic E-state index is 11.3. The molecule has 4 N–H and O–H groups in total. The van der Waals surface area contributed by atoms with Crippen LogP contribution in [0.3, 0.4) is 0 Å². The highest BCUT2D eigenvalue weighted by molar-refractivity contribution is 7.09. The van der Waals surface area contributed by atoms with Crippen molar-refractivity contribution >= 4 is 11.3 Å². The molecule has 9 rings (SSSR count). The molecule has 0 bridgehead atoms. The largest absolute Gasteiger partial charge is 0.619 e. The van der Waals surface area contributed by atoms with Crippen LogP contribution in [0.25, 0.3) is 0 Å². The van der Waals surface area contributed by atoms with Crippen molar-refractivity contribution in [2.75, 3.05) is 0 Å². The van der Waals surface area contributed by atoms with Gasteiger partial charge < -0.3 is 25.5 Å². The number of nitrogens with zero attached hydrogens (tertiary/aromatic N) is 7. The number of hydrogen-bond donors (Lipinski definition) is 4. The fourth-order valence-electron chi connectivity index (χ4n) is 8.95. The summed E-state index contributed by atoms with van der Waals surface area (Å²) in [7, 11) is 0. The molecule has 8 aromatic rings. The van der Waals surface area contributed by atoms with Crippen molar-refractivity contribution in [3.8, 4) is 5.75 Å². The van der Waals surface area contributed by atoms with E-state index in [0.29, 0.717) is 52.3 Å². The number of aromatic amines is 1. The Morgan fingerprint density at radius 1 is 0.544 bits per heavy atom. The number of pyridine rings is 7. The molecule has 0 fully saturated rings. The molecule has 90 heavy (non-hydrogen) atoms. The first-order valence-corrected chi connectivity index (χ1v) is 32.5. The molecule has 1 aliphatic carbocycles. The van der Waals surface area contributed by atoms with Gasteiger partial charge in [0.1, 0.15) is 5.75 Å². The molecule has 0 unspecified atom stereocenters. The Kier molecular flexibility index (Phi) is 39.4. The second-order valence-electron chi connectivity index (χ2n) is 24.7. The average molecular weight is 1250 g/mol. The number of thiazole rings is 1. The third-order valence-electron chi connectivity index (χ3n) is 14.3. The van der Waals surface area contributed by atoms with Crippen LogP contribution in [-0.2, 0) is 13.2 Å². The lowest BCUT2D eigenvalue weighted by atomic mass is 9.95. The molecule has 0 atom stereocenters. The first-order valence-electron chi connectivity index (χ1n) is 31.7. The van der Waals surface area contributed by atoms with Gasteiger partial charge in [-0.25, -0.2) is 4.98 Å². The number of aryl methyl sites for hydroxylation is 3. The van der Waals surface area contributed by atoms with Crippen molar-refractivity contribution in [3.05, 3.63) is 251 Å². The highest BCUT2D eigenvalue weighted by Crippen LogP contribution is 2.31. The van der Waals surface area contributed by atoms with Gasteiger partial charge in [-0.2, -0.15) is 4.73 Å². The molecule has 13 nitrogen and oxygen atoms in total. The first kappa shape index (κ1) is 80.5. The molecule has 0 saturated heterocycles. The monoisotopic (exact) mass is 1250 g/mol. The van der Waals surface area contributed by atoms with E-state index in [4.69, 9.17) is 10.2 Å². The molecule has 0 saturated carbocycles. The van der Waals surface area contributed by atoms with Crippen LogP contribution in [-0.4, -0.2) is 50.2 Å². The Bertz CT molecular complexity index is 3210. The van der Waals surface area contributed by atoms with E-state index in [9.17, 15) is 15.1 Å². The number of nitrogens with one attached hydrogen (secondary N) is 1. The summed E-state index contributed by atoms with van der Waals surface area (Å²) in [5, 5.41) is 41.6. The van der Waals surface area contributed by atoms with Crippen LogP contribution < -0.4 is 10.3 Å². The van der Waals surface area contributed by atoms with Gasteiger partial charge in [0, 0.05) is 107 Å². The molecular formula is C76H110N8O5S. The van der Waals surface area contributed by atoms with Gasteiger partial charge in [-0.15, -0.1) is 11.3 Å². The topological polar surface area (TPSA) is 198 Å². The summed E-state index contributed by atoms with van der Waals surface area (Å²) in [4.78, 5) is 38.4. The number of aliphatic hydroxyl groups is 2. The van der Waals surface area contributed by atoms with E-state index in [1.165, 1.54) is 51.6 Å². The zero-order valence-electron chi connectivity index (χ0n) is 58.4. The minimum absolute atomic E-state index is 0.0227. The summed E-state index contributed by atoms with van der Waals surface area (Å²) in [5.41, 5.74) is 15.0. The zero-order chi connectivity index (χ0) is 68.0. The number of aromatic nitrogens is 8. The quantitative estimate of drug-likeness (QED) is 0.0710. The predicted molar refractivity (Wildman–Crippen MR) is 378 cm³/mol. The Hall–Kier alpha value is -7.52. The second kappa shape index (κ2) is 44.0. The molecule has 14 heteroatoms. The van der Waals surface area contributed by atoms with Crippen LogP contribution in [0, 0.1) is 38.8 Å². The van der Waals surface area contributed by atoms with Crippen molar-refractivity contribution in [1.29, 1.82) is 0 Å². The maximum Gasteiger partial charge on any atom is 0.251 e. The summed E-state index contributed by atoms with van der Waals surface area (Å²) < 4.78 is 0.798. The Morgan fingerprint density at radius 3 is 1.52 bits per heavy atom. The Morgan fingerprint density at radius 2 is 1.14 bits per heavy atom. The fourth-order valence-corrected chi connectivity index (χ4v) is 9.61. The summed E-state index contributed by atoms with van der Waals surface area (Å²) in [6, 6.07) is 20.0. The summed E-state index contributed by atoms with van der Waals surface area (Å²) >= 11 is 1.72. The van der Waals surface area contributed by atoms with E-state index < -0.39 is 0 Å². The number of hydrogen-bond acceptors (Lipinski definition) is 12. The molecule has 490 valence electrons. The minimum atomic E-state index is -0.0750. The molecule has 0 aromatic carbocycles. The van der Waals surface area contributed by atoms with Crippen LogP contribution in [0.5, 0.6) is 5.75 Å². The van der Waals surface area contributed by atoms with Gasteiger partial charge in [-0.3, -0.25) is 29.7 Å². The number of H-pyrrole nitrogens is 1. The highest BCUT2D eigenvalue weighted by atomic mass is 32.1. The number of allylic oxidation sites excluding steroid dienone is 4. The average Bonchev–Trinajstić information content (AvgIpc) is 1.28. The maximum absolute atomic E-state index is 11.3. The van der Waals surface area contributed by atoms with Gasteiger partial charge in [-0.05, 0) is 151 Å². The van der Waals surface area contributed by atoms with Crippen molar-refractivity contribution in [3.63, 3.8) is 0 Å². The lowest BCUT2D eigenvalue weighted by Gasteiger charge is -2.13. The van der Waals surface area contributed by atoms with Crippen LogP contribution >= 0.6 is 11.3 Å². The first-order chi connectivity index (χ1) is 42.5. The van der Waals surface area contributed by atoms with E-state index in [0.717, 1.165) is 38.7 Å². The number of rotatable bonds is 11. The molecule has 1 aliphatic rings. The van der Waals surface area contributed by atoms with Crippen LogP contribution in [0.1, 0.15) is 256 Å². The van der Waals surface area contributed by atoms with E-state index in [1.54, 1.807) is 49.3 Å². The summed E-state index contributed by atoms with van der Waals surface area (Å²) in [5.74, 6) is 4.86. The van der Waals surface area contributed by atoms with Gasteiger partial charge in [0.2, 0.25) is 0 Å². The zero-order valence-corrected chi connectivity index (χ0v) is 59.3. The molecule has 0 radical (unpaired) electrons. The van der Waals surface area contributed by atoms with Crippen LogP contribution in [0.4, 0.5) is 0 Å². The minimum Gasteiger partial charge on any atom is -0.619 e. The third kappa shape index (κ3) is 30.8. The van der Waals surface area contributed by atoms with E-state index in [-0.39, 0.29) is 36.4 Å². The fraction of sp³-hybridized carbons (Fsp3) is 0.447. The molecule has 8 aromatic heterocycles. The number of aliphatic hydroxyl groups excluding tert-OH is 2. The second-order valence-corrected chi connectivity index (χ2v) is 25.6. The standard InChI is InChI=1S/2C10H15NO2.2C9H13N.C8H11NO.2C8H11N.C8H12.C6H9NS/c1-6(2)9-8(5-12)4-11-7(3)10(9)13;1-6(2)9-7(3)10(13)11-4-8(9)5-12;1-7(2)9-4-5-10-6-8(9)3;1-7(2)9-5-4-6-10-8(9)3;1-7(2)8-3-5-9(10)6-4-8;1-7(2)8-4-3-5-9-6-8;1-7(2)8-5-3-4-6-9-8;1-7(2)8-5-3-4-6-8;1-5(2)6-7-3-4-8-6/h4,6,12-13H,5H2,1-3H3;4,6,12H,5H2,1-3H3,(H,11,13);2*4-7H,1-3H3;3-7H,1-2H3;2*3-7H,1-2H3;3-5,7H,6H2,1-2H3;3-5H,1-2H3. The Labute approximate surface area is 545 Å². The van der Waals surface area contributed by atoms with Crippen LogP contribution in [0.15, 0.2) is 163 Å². The molecule has 0 spiro atoms. The molecular weight excluding hydrogens is 1140 g/mol. The van der Waals surface area contributed by atoms with Gasteiger partial charge in [-0.1, -0.05) is 167 Å².